The maximum Gasteiger partial charge on any atom is 0.408 e. The molecule has 0 aliphatic rings. The van der Waals surface area contributed by atoms with Gasteiger partial charge in [0, 0.05) is 0 Å². The molecular weight excluding hydrogens is 324 g/mol. The molecule has 25 heavy (non-hydrogen) atoms. The van der Waals surface area contributed by atoms with Crippen molar-refractivity contribution in [1.29, 1.82) is 0 Å². The van der Waals surface area contributed by atoms with E-state index in [1.807, 2.05) is 44.2 Å². The Morgan fingerprint density at radius 1 is 1.16 bits per heavy atom. The first-order valence-corrected chi connectivity index (χ1v) is 8.14. The molecular formula is C18H26N2O5. The number of benzene rings is 1. The van der Waals surface area contributed by atoms with Gasteiger partial charge in [-0.3, -0.25) is 4.79 Å². The average Bonchev–Trinajstić information content (AvgIpc) is 2.52. The minimum atomic E-state index is -1.43. The topological polar surface area (TPSA) is 105 Å². The van der Waals surface area contributed by atoms with E-state index in [4.69, 9.17) is 9.84 Å². The fourth-order valence-electron chi connectivity index (χ4n) is 2.06. The number of carboxylic acids is 1. The standard InChI is InChI=1S/C18H26N2O5/c1-12(2)10-14(15(21)20-18(3,4)16(22)23)19-17(24)25-11-13-8-6-5-7-9-13/h5-9,12,14H,10-11H2,1-4H3,(H,19,24)(H,20,21)(H,22,23)/t14-/m0/s1. The van der Waals surface area contributed by atoms with Crippen LogP contribution in [0.25, 0.3) is 0 Å². The summed E-state index contributed by atoms with van der Waals surface area (Å²) in [5, 5.41) is 14.1. The third kappa shape index (κ3) is 7.24. The highest BCUT2D eigenvalue weighted by molar-refractivity contribution is 5.90. The first kappa shape index (κ1) is 20.5. The van der Waals surface area contributed by atoms with E-state index in [1.54, 1.807) is 0 Å². The molecule has 2 amide bonds. The molecule has 3 N–H and O–H groups in total. The van der Waals surface area contributed by atoms with Crippen LogP contribution in [0.5, 0.6) is 0 Å². The van der Waals surface area contributed by atoms with Gasteiger partial charge in [0.1, 0.15) is 18.2 Å². The Bertz CT molecular complexity index is 599. The Morgan fingerprint density at radius 3 is 2.28 bits per heavy atom. The summed E-state index contributed by atoms with van der Waals surface area (Å²) >= 11 is 0. The highest BCUT2D eigenvalue weighted by Crippen LogP contribution is 2.09. The first-order valence-electron chi connectivity index (χ1n) is 8.14. The smallest absolute Gasteiger partial charge is 0.408 e. The molecule has 1 rings (SSSR count). The van der Waals surface area contributed by atoms with Gasteiger partial charge < -0.3 is 20.5 Å². The van der Waals surface area contributed by atoms with Gasteiger partial charge in [-0.15, -0.1) is 0 Å². The van der Waals surface area contributed by atoms with Gasteiger partial charge >= 0.3 is 12.1 Å². The molecule has 7 heteroatoms. The lowest BCUT2D eigenvalue weighted by molar-refractivity contribution is -0.146. The maximum atomic E-state index is 12.4. The fourth-order valence-corrected chi connectivity index (χ4v) is 2.06. The number of hydrogen-bond acceptors (Lipinski definition) is 4. The zero-order valence-electron chi connectivity index (χ0n) is 15.0. The normalized spacial score (nSPS) is 12.4. The van der Waals surface area contributed by atoms with E-state index in [2.05, 4.69) is 10.6 Å². The summed E-state index contributed by atoms with van der Waals surface area (Å²) in [6.45, 7) is 6.66. The summed E-state index contributed by atoms with van der Waals surface area (Å²) in [7, 11) is 0. The van der Waals surface area contributed by atoms with Crippen molar-refractivity contribution in [3.63, 3.8) is 0 Å². The van der Waals surface area contributed by atoms with Crippen molar-refractivity contribution in [2.75, 3.05) is 0 Å². The second-order valence-corrected chi connectivity index (χ2v) is 6.81. The Morgan fingerprint density at radius 2 is 1.76 bits per heavy atom. The van der Waals surface area contributed by atoms with Crippen molar-refractivity contribution in [3.8, 4) is 0 Å². The van der Waals surface area contributed by atoms with Crippen molar-refractivity contribution in [2.24, 2.45) is 5.92 Å². The summed E-state index contributed by atoms with van der Waals surface area (Å²) in [6.07, 6.45) is -0.361. The third-order valence-corrected chi connectivity index (χ3v) is 3.50. The monoisotopic (exact) mass is 350 g/mol. The first-order chi connectivity index (χ1) is 11.6. The van der Waals surface area contributed by atoms with Crippen LogP contribution in [-0.2, 0) is 20.9 Å². The predicted octanol–water partition coefficient (Wildman–Crippen LogP) is 2.31. The summed E-state index contributed by atoms with van der Waals surface area (Å²) in [4.78, 5) is 35.5. The number of ether oxygens (including phenoxy) is 1. The Labute approximate surface area is 147 Å². The quantitative estimate of drug-likeness (QED) is 0.667. The lowest BCUT2D eigenvalue weighted by Crippen LogP contribution is -2.56. The molecule has 0 aromatic heterocycles. The molecule has 0 aliphatic heterocycles. The third-order valence-electron chi connectivity index (χ3n) is 3.50. The highest BCUT2D eigenvalue weighted by Gasteiger charge is 2.32. The van der Waals surface area contributed by atoms with Gasteiger partial charge in [-0.2, -0.15) is 0 Å². The second-order valence-electron chi connectivity index (χ2n) is 6.81. The number of alkyl carbamates (subject to hydrolysis) is 1. The van der Waals surface area contributed by atoms with E-state index in [-0.39, 0.29) is 12.5 Å². The van der Waals surface area contributed by atoms with E-state index in [0.29, 0.717) is 6.42 Å². The SMILES string of the molecule is CC(C)C[C@H](NC(=O)OCc1ccccc1)C(=O)NC(C)(C)C(=O)O. The van der Waals surface area contributed by atoms with Crippen LogP contribution >= 0.6 is 0 Å². The van der Waals surface area contributed by atoms with Crippen LogP contribution in [0.2, 0.25) is 0 Å². The average molecular weight is 350 g/mol. The summed E-state index contributed by atoms with van der Waals surface area (Å²) in [6, 6.07) is 8.29. The molecule has 0 radical (unpaired) electrons. The van der Waals surface area contributed by atoms with Gasteiger partial charge in [0.05, 0.1) is 0 Å². The number of carbonyl (C=O) groups excluding carboxylic acids is 2. The number of nitrogens with one attached hydrogen (secondary N) is 2. The number of hydrogen-bond donors (Lipinski definition) is 3. The van der Waals surface area contributed by atoms with Crippen LogP contribution in [0.1, 0.15) is 39.7 Å². The lowest BCUT2D eigenvalue weighted by Gasteiger charge is -2.26. The zero-order chi connectivity index (χ0) is 19.0. The molecule has 7 nitrogen and oxygen atoms in total. The highest BCUT2D eigenvalue weighted by atomic mass is 16.5. The van der Waals surface area contributed by atoms with Crippen LogP contribution in [0.3, 0.4) is 0 Å². The molecule has 1 aromatic carbocycles. The Hall–Kier alpha value is -2.57. The van der Waals surface area contributed by atoms with Crippen LogP contribution in [-0.4, -0.2) is 34.7 Å². The molecule has 0 spiro atoms. The van der Waals surface area contributed by atoms with Gasteiger partial charge in [-0.05, 0) is 31.7 Å². The minimum absolute atomic E-state index is 0.0866. The molecule has 1 aromatic rings. The van der Waals surface area contributed by atoms with Gasteiger partial charge in [-0.25, -0.2) is 9.59 Å². The molecule has 0 heterocycles. The molecule has 0 bridgehead atoms. The van der Waals surface area contributed by atoms with Crippen LogP contribution in [0.15, 0.2) is 30.3 Å². The van der Waals surface area contributed by atoms with Crippen LogP contribution in [0.4, 0.5) is 4.79 Å². The van der Waals surface area contributed by atoms with Crippen molar-refractivity contribution in [2.45, 2.75) is 52.3 Å². The van der Waals surface area contributed by atoms with E-state index >= 15 is 0 Å². The van der Waals surface area contributed by atoms with E-state index in [1.165, 1.54) is 13.8 Å². The summed E-state index contributed by atoms with van der Waals surface area (Å²) in [5.74, 6) is -1.59. The molecule has 0 saturated carbocycles. The van der Waals surface area contributed by atoms with Crippen molar-refractivity contribution in [3.05, 3.63) is 35.9 Å². The number of aliphatic carboxylic acids is 1. The number of amides is 2. The number of rotatable bonds is 8. The molecule has 0 saturated heterocycles. The second kappa shape index (κ2) is 9.05. The van der Waals surface area contributed by atoms with Crippen LogP contribution < -0.4 is 10.6 Å². The number of carbonyl (C=O) groups is 3. The van der Waals surface area contributed by atoms with Crippen molar-refractivity contribution in [1.82, 2.24) is 10.6 Å². The van der Waals surface area contributed by atoms with Gasteiger partial charge in [0.15, 0.2) is 0 Å². The number of carboxylic acid groups (broad SMARTS) is 1. The van der Waals surface area contributed by atoms with Crippen LogP contribution in [0, 0.1) is 5.92 Å². The molecule has 0 fully saturated rings. The van der Waals surface area contributed by atoms with E-state index in [9.17, 15) is 14.4 Å². The fraction of sp³-hybridized carbons (Fsp3) is 0.500. The zero-order valence-corrected chi connectivity index (χ0v) is 15.0. The van der Waals surface area contributed by atoms with Gasteiger partial charge in [0.2, 0.25) is 5.91 Å². The lowest BCUT2D eigenvalue weighted by atomic mass is 10.0. The largest absolute Gasteiger partial charge is 0.480 e. The van der Waals surface area contributed by atoms with Crippen molar-refractivity contribution >= 4 is 18.0 Å². The van der Waals surface area contributed by atoms with Crippen molar-refractivity contribution < 1.29 is 24.2 Å². The van der Waals surface area contributed by atoms with Gasteiger partial charge in [0.25, 0.3) is 0 Å². The molecule has 138 valence electrons. The maximum absolute atomic E-state index is 12.4. The Balaban J connectivity index is 2.66. The summed E-state index contributed by atoms with van der Waals surface area (Å²) < 4.78 is 5.12. The summed E-state index contributed by atoms with van der Waals surface area (Å²) in [5.41, 5.74) is -0.600. The minimum Gasteiger partial charge on any atom is -0.480 e. The van der Waals surface area contributed by atoms with Gasteiger partial charge in [-0.1, -0.05) is 44.2 Å². The molecule has 0 unspecified atom stereocenters. The van der Waals surface area contributed by atoms with E-state index < -0.39 is 29.6 Å². The Kier molecular flexibility index (Phi) is 7.42. The predicted molar refractivity (Wildman–Crippen MR) is 92.9 cm³/mol. The molecule has 0 aliphatic carbocycles. The molecule has 1 atom stereocenters. The van der Waals surface area contributed by atoms with E-state index in [0.717, 1.165) is 5.56 Å².